The maximum absolute atomic E-state index is 13.7. The van der Waals surface area contributed by atoms with E-state index in [9.17, 15) is 14.7 Å². The van der Waals surface area contributed by atoms with Crippen LogP contribution in [0.3, 0.4) is 0 Å². The zero-order chi connectivity index (χ0) is 22.9. The molecule has 32 heavy (non-hydrogen) atoms. The molecule has 2 aliphatic carbocycles. The first-order valence-corrected chi connectivity index (χ1v) is 12.2. The van der Waals surface area contributed by atoms with Crippen LogP contribution < -0.4 is 4.90 Å². The molecule has 0 radical (unpaired) electrons. The second-order valence-corrected chi connectivity index (χ2v) is 10.7. The van der Waals surface area contributed by atoms with Crippen molar-refractivity contribution in [3.63, 3.8) is 0 Å². The van der Waals surface area contributed by atoms with E-state index in [0.29, 0.717) is 18.9 Å². The molecule has 3 aliphatic rings. The first-order valence-electron chi connectivity index (χ1n) is 12.2. The molecule has 1 saturated heterocycles. The van der Waals surface area contributed by atoms with Gasteiger partial charge in [-0.15, -0.1) is 5.10 Å². The predicted molar refractivity (Wildman–Crippen MR) is 123 cm³/mol. The van der Waals surface area contributed by atoms with Crippen LogP contribution in [-0.4, -0.2) is 39.6 Å². The van der Waals surface area contributed by atoms with E-state index in [1.54, 1.807) is 15.8 Å². The second kappa shape index (κ2) is 9.38. The zero-order valence-corrected chi connectivity index (χ0v) is 19.7. The Bertz CT molecular complexity index is 874. The summed E-state index contributed by atoms with van der Waals surface area (Å²) in [4.78, 5) is 27.5. The normalized spacial score (nSPS) is 28.1. The fourth-order valence-electron chi connectivity index (χ4n) is 5.13. The van der Waals surface area contributed by atoms with Gasteiger partial charge in [-0.2, -0.15) is 0 Å². The average Bonchev–Trinajstić information content (AvgIpc) is 3.20. The van der Waals surface area contributed by atoms with Crippen molar-refractivity contribution >= 4 is 23.4 Å². The highest BCUT2D eigenvalue weighted by atomic mass is 16.5. The van der Waals surface area contributed by atoms with Crippen molar-refractivity contribution in [2.24, 2.45) is 17.3 Å². The van der Waals surface area contributed by atoms with Crippen LogP contribution >= 0.6 is 0 Å². The van der Waals surface area contributed by atoms with Gasteiger partial charge in [0, 0.05) is 24.4 Å². The molecular weight excluding hydrogens is 406 g/mol. The molecule has 0 spiro atoms. The maximum atomic E-state index is 13.7. The molecule has 0 bridgehead atoms. The molecule has 1 aromatic heterocycles. The number of carboxylic acids is 1. The third-order valence-electron chi connectivity index (χ3n) is 7.44. The van der Waals surface area contributed by atoms with Crippen LogP contribution in [0.15, 0.2) is 12.3 Å². The summed E-state index contributed by atoms with van der Waals surface area (Å²) in [6.07, 6.45) is 12.4. The molecular formula is C25H37N3O4. The number of allylic oxidation sites excluding steroid dienone is 2. The Balaban J connectivity index is 1.69. The van der Waals surface area contributed by atoms with Gasteiger partial charge in [0.2, 0.25) is 5.91 Å². The Labute approximate surface area is 190 Å². The summed E-state index contributed by atoms with van der Waals surface area (Å²) in [7, 11) is 0. The number of aromatic nitrogens is 2. The summed E-state index contributed by atoms with van der Waals surface area (Å²) in [5.41, 5.74) is 1.31. The lowest BCUT2D eigenvalue weighted by Gasteiger charge is -2.36. The van der Waals surface area contributed by atoms with E-state index in [1.165, 1.54) is 0 Å². The summed E-state index contributed by atoms with van der Waals surface area (Å²) in [5.74, 6) is -0.323. The van der Waals surface area contributed by atoms with E-state index in [2.05, 4.69) is 26.8 Å². The van der Waals surface area contributed by atoms with Crippen LogP contribution in [0.1, 0.15) is 95.3 Å². The van der Waals surface area contributed by atoms with E-state index >= 15 is 0 Å². The highest BCUT2D eigenvalue weighted by Crippen LogP contribution is 2.38. The van der Waals surface area contributed by atoms with Crippen LogP contribution in [0.2, 0.25) is 0 Å². The Morgan fingerprint density at radius 2 is 1.94 bits per heavy atom. The Kier molecular flexibility index (Phi) is 6.75. The molecule has 2 fully saturated rings. The van der Waals surface area contributed by atoms with Crippen LogP contribution in [0, 0.1) is 17.3 Å². The monoisotopic (exact) mass is 443 g/mol. The number of anilines is 1. The van der Waals surface area contributed by atoms with Crippen molar-refractivity contribution in [3.05, 3.63) is 17.8 Å². The van der Waals surface area contributed by atoms with Crippen LogP contribution in [0.5, 0.6) is 0 Å². The standard InChI is InChI=1S/C25H37N3O4/c1-17-7-9-18(10-8-17)23(29)28(21-6-4-5-15-32-21)22-20(24(30)31)16-27(26-22)19-11-13-25(2,3)14-12-19/h11,16-18,21H,4-10,12-15H2,1-3H3,(H,30,31). The number of hydrogen-bond acceptors (Lipinski definition) is 4. The molecule has 1 aliphatic heterocycles. The van der Waals surface area contributed by atoms with Gasteiger partial charge in [-0.3, -0.25) is 9.69 Å². The molecule has 1 N–H and O–H groups in total. The molecule has 7 heteroatoms. The quantitative estimate of drug-likeness (QED) is 0.666. The number of carboxylic acid groups (broad SMARTS) is 1. The van der Waals surface area contributed by atoms with Crippen LogP contribution in [0.25, 0.3) is 5.70 Å². The number of hydrogen-bond donors (Lipinski definition) is 1. The summed E-state index contributed by atoms with van der Waals surface area (Å²) in [6, 6.07) is 0. The largest absolute Gasteiger partial charge is 0.477 e. The number of amides is 1. The molecule has 4 rings (SSSR count). The van der Waals surface area contributed by atoms with Gasteiger partial charge < -0.3 is 9.84 Å². The molecule has 7 nitrogen and oxygen atoms in total. The number of carbonyl (C=O) groups is 2. The smallest absolute Gasteiger partial charge is 0.341 e. The Morgan fingerprint density at radius 3 is 2.53 bits per heavy atom. The number of aromatic carboxylic acids is 1. The highest BCUT2D eigenvalue weighted by Gasteiger charge is 2.38. The summed E-state index contributed by atoms with van der Waals surface area (Å²) >= 11 is 0. The number of carbonyl (C=O) groups excluding carboxylic acids is 1. The summed E-state index contributed by atoms with van der Waals surface area (Å²) in [5, 5.41) is 14.7. The first kappa shape index (κ1) is 23.0. The molecule has 1 saturated carbocycles. The average molecular weight is 444 g/mol. The minimum Gasteiger partial charge on any atom is -0.477 e. The number of ether oxygens (including phenoxy) is 1. The van der Waals surface area contributed by atoms with Crippen molar-refractivity contribution in [1.82, 2.24) is 9.78 Å². The Hall–Kier alpha value is -2.15. The van der Waals surface area contributed by atoms with E-state index in [4.69, 9.17) is 9.84 Å². The lowest BCUT2D eigenvalue weighted by molar-refractivity contribution is -0.127. The molecule has 2 heterocycles. The topological polar surface area (TPSA) is 84.7 Å². The highest BCUT2D eigenvalue weighted by molar-refractivity contribution is 6.01. The fraction of sp³-hybridized carbons (Fsp3) is 0.720. The van der Waals surface area contributed by atoms with Crippen molar-refractivity contribution in [2.45, 2.75) is 91.2 Å². The zero-order valence-electron chi connectivity index (χ0n) is 19.7. The minimum atomic E-state index is -1.06. The lowest BCUT2D eigenvalue weighted by Crippen LogP contribution is -2.48. The van der Waals surface area contributed by atoms with Gasteiger partial charge in [-0.25, -0.2) is 9.48 Å². The van der Waals surface area contributed by atoms with Gasteiger partial charge >= 0.3 is 5.97 Å². The van der Waals surface area contributed by atoms with Crippen LogP contribution in [-0.2, 0) is 9.53 Å². The SMILES string of the molecule is CC1CCC(C(=O)N(c2nn(C3=CCC(C)(C)CC3)cc2C(=O)O)C2CCCCO2)CC1. The summed E-state index contributed by atoms with van der Waals surface area (Å²) in [6.45, 7) is 7.29. The molecule has 1 aromatic rings. The van der Waals surface area contributed by atoms with E-state index in [0.717, 1.165) is 63.5 Å². The fourth-order valence-corrected chi connectivity index (χ4v) is 5.13. The van der Waals surface area contributed by atoms with E-state index in [1.807, 2.05) is 0 Å². The van der Waals surface area contributed by atoms with E-state index in [-0.39, 0.29) is 28.6 Å². The molecule has 176 valence electrons. The molecule has 1 atom stereocenters. The van der Waals surface area contributed by atoms with Gasteiger partial charge in [0.25, 0.3) is 0 Å². The van der Waals surface area contributed by atoms with Gasteiger partial charge in [0.15, 0.2) is 5.82 Å². The van der Waals surface area contributed by atoms with Crippen LogP contribution in [0.4, 0.5) is 5.82 Å². The van der Waals surface area contributed by atoms with Gasteiger partial charge in [-0.05, 0) is 75.5 Å². The van der Waals surface area contributed by atoms with Crippen molar-refractivity contribution < 1.29 is 19.4 Å². The third kappa shape index (κ3) is 4.92. The van der Waals surface area contributed by atoms with Gasteiger partial charge in [0.1, 0.15) is 11.8 Å². The Morgan fingerprint density at radius 1 is 1.19 bits per heavy atom. The van der Waals surface area contributed by atoms with Crippen molar-refractivity contribution in [1.29, 1.82) is 0 Å². The maximum Gasteiger partial charge on any atom is 0.341 e. The number of rotatable bonds is 5. The molecule has 1 amide bonds. The first-order chi connectivity index (χ1) is 15.2. The van der Waals surface area contributed by atoms with Crippen molar-refractivity contribution in [2.75, 3.05) is 11.5 Å². The van der Waals surface area contributed by atoms with Crippen molar-refractivity contribution in [3.8, 4) is 0 Å². The lowest BCUT2D eigenvalue weighted by atomic mass is 9.80. The third-order valence-corrected chi connectivity index (χ3v) is 7.44. The number of nitrogens with zero attached hydrogens (tertiary/aromatic N) is 3. The van der Waals surface area contributed by atoms with E-state index < -0.39 is 12.2 Å². The second-order valence-electron chi connectivity index (χ2n) is 10.7. The van der Waals surface area contributed by atoms with Gasteiger partial charge in [-0.1, -0.05) is 26.8 Å². The molecule has 1 unspecified atom stereocenters. The molecule has 0 aromatic carbocycles. The predicted octanol–water partition coefficient (Wildman–Crippen LogP) is 5.32. The minimum absolute atomic E-state index is 0.0321. The summed E-state index contributed by atoms with van der Waals surface area (Å²) < 4.78 is 7.67. The van der Waals surface area contributed by atoms with Gasteiger partial charge in [0.05, 0.1) is 0 Å².